The fourth-order valence-corrected chi connectivity index (χ4v) is 4.41. The van der Waals surface area contributed by atoms with Crippen molar-refractivity contribution in [1.82, 2.24) is 9.29 Å². The maximum absolute atomic E-state index is 11.7. The summed E-state index contributed by atoms with van der Waals surface area (Å²) in [6, 6.07) is 7.94. The van der Waals surface area contributed by atoms with Crippen LogP contribution >= 0.6 is 11.9 Å². The Hall–Kier alpha value is -1.66. The van der Waals surface area contributed by atoms with E-state index < -0.39 is 0 Å². The van der Waals surface area contributed by atoms with Gasteiger partial charge in [0, 0.05) is 34.1 Å². The number of carbonyl (C=O) groups is 1. The van der Waals surface area contributed by atoms with Crippen LogP contribution in [0.5, 0.6) is 0 Å². The van der Waals surface area contributed by atoms with Crippen LogP contribution in [0.15, 0.2) is 24.3 Å². The summed E-state index contributed by atoms with van der Waals surface area (Å²) in [5.74, 6) is -0.203. The average molecular weight is 333 g/mol. The normalized spacial score (nSPS) is 15.6. The number of methoxy groups -OCH3 is 1. The number of hydrogen-bond donors (Lipinski definition) is 2. The van der Waals surface area contributed by atoms with Crippen LogP contribution < -0.4 is 5.73 Å². The van der Waals surface area contributed by atoms with Crippen LogP contribution in [0.4, 0.5) is 5.69 Å². The number of nitrogen functional groups attached to an aromatic ring is 1. The SMILES string of the molecule is COC(=O)CN(Cc1cc2c(N)cccc2[nH]1)SC1CCCC1. The van der Waals surface area contributed by atoms with Crippen molar-refractivity contribution >= 4 is 34.5 Å². The number of aromatic amines is 1. The summed E-state index contributed by atoms with van der Waals surface area (Å²) in [6.45, 7) is 0.965. The fraction of sp³-hybridized carbons (Fsp3) is 0.471. The van der Waals surface area contributed by atoms with Crippen LogP contribution in [0.2, 0.25) is 0 Å². The van der Waals surface area contributed by atoms with Gasteiger partial charge in [-0.15, -0.1) is 0 Å². The first-order chi connectivity index (χ1) is 11.2. The summed E-state index contributed by atoms with van der Waals surface area (Å²) in [5.41, 5.74) is 8.89. The number of rotatable bonds is 6. The number of nitrogens with one attached hydrogen (secondary N) is 1. The molecule has 0 amide bonds. The number of fused-ring (bicyclic) bond motifs is 1. The van der Waals surface area contributed by atoms with Crippen LogP contribution in [0.25, 0.3) is 10.9 Å². The van der Waals surface area contributed by atoms with Crippen LogP contribution in [0, 0.1) is 0 Å². The van der Waals surface area contributed by atoms with Gasteiger partial charge in [0.1, 0.15) is 6.54 Å². The minimum atomic E-state index is -0.203. The van der Waals surface area contributed by atoms with E-state index in [1.54, 1.807) is 11.9 Å². The molecule has 1 heterocycles. The molecule has 5 nitrogen and oxygen atoms in total. The molecule has 3 N–H and O–H groups in total. The van der Waals surface area contributed by atoms with Crippen molar-refractivity contribution in [2.24, 2.45) is 0 Å². The molecule has 1 aromatic heterocycles. The number of ether oxygens (including phenoxy) is 1. The maximum Gasteiger partial charge on any atom is 0.320 e. The standard InChI is InChI=1S/C17H23N3O2S/c1-22-17(21)11-20(23-13-5-2-3-6-13)10-12-9-14-15(18)7-4-8-16(14)19-12/h4,7-9,13,19H,2-3,5-6,10-11,18H2,1H3. The van der Waals surface area contributed by atoms with Crippen molar-refractivity contribution < 1.29 is 9.53 Å². The van der Waals surface area contributed by atoms with Crippen LogP contribution in [-0.4, -0.2) is 34.2 Å². The highest BCUT2D eigenvalue weighted by atomic mass is 32.2. The molecule has 0 unspecified atom stereocenters. The lowest BCUT2D eigenvalue weighted by molar-refractivity contribution is -0.140. The highest BCUT2D eigenvalue weighted by molar-refractivity contribution is 7.97. The zero-order valence-corrected chi connectivity index (χ0v) is 14.2. The van der Waals surface area contributed by atoms with Gasteiger partial charge in [-0.25, -0.2) is 4.31 Å². The second-order valence-corrected chi connectivity index (χ2v) is 7.38. The molecule has 1 saturated carbocycles. The van der Waals surface area contributed by atoms with Crippen LogP contribution in [-0.2, 0) is 16.1 Å². The Morgan fingerprint density at radius 2 is 2.22 bits per heavy atom. The Balaban J connectivity index is 1.74. The third-order valence-corrected chi connectivity index (χ3v) is 5.56. The quantitative estimate of drug-likeness (QED) is 0.482. The van der Waals surface area contributed by atoms with Gasteiger partial charge in [0.15, 0.2) is 0 Å². The Morgan fingerprint density at radius 3 is 2.91 bits per heavy atom. The van der Waals surface area contributed by atoms with E-state index >= 15 is 0 Å². The summed E-state index contributed by atoms with van der Waals surface area (Å²) in [5, 5.41) is 1.64. The van der Waals surface area contributed by atoms with E-state index in [1.807, 2.05) is 18.2 Å². The molecule has 1 aromatic carbocycles. The molecule has 0 radical (unpaired) electrons. The number of carbonyl (C=O) groups excluding carboxylic acids is 1. The van der Waals surface area contributed by atoms with Crippen molar-refractivity contribution in [2.45, 2.75) is 37.5 Å². The molecule has 6 heteroatoms. The molecule has 3 rings (SSSR count). The van der Waals surface area contributed by atoms with Gasteiger partial charge >= 0.3 is 5.97 Å². The number of hydrogen-bond acceptors (Lipinski definition) is 5. The number of nitrogens with zero attached hydrogens (tertiary/aromatic N) is 1. The number of H-pyrrole nitrogens is 1. The smallest absolute Gasteiger partial charge is 0.320 e. The van der Waals surface area contributed by atoms with Crippen LogP contribution in [0.3, 0.4) is 0 Å². The van der Waals surface area contributed by atoms with Crippen molar-refractivity contribution in [1.29, 1.82) is 0 Å². The van der Waals surface area contributed by atoms with Gasteiger partial charge in [-0.05, 0) is 31.0 Å². The Morgan fingerprint density at radius 1 is 1.43 bits per heavy atom. The van der Waals surface area contributed by atoms with Crippen molar-refractivity contribution in [3.63, 3.8) is 0 Å². The molecular formula is C17H23N3O2S. The molecule has 1 aliphatic rings. The molecule has 1 aliphatic carbocycles. The van der Waals surface area contributed by atoms with Crippen molar-refractivity contribution in [2.75, 3.05) is 19.4 Å². The number of aromatic nitrogens is 1. The molecule has 0 spiro atoms. The number of esters is 1. The number of benzene rings is 1. The highest BCUT2D eigenvalue weighted by Gasteiger charge is 2.22. The predicted molar refractivity (Wildman–Crippen MR) is 95.0 cm³/mol. The summed E-state index contributed by atoms with van der Waals surface area (Å²) in [7, 11) is 1.43. The zero-order valence-electron chi connectivity index (χ0n) is 13.4. The Bertz CT molecular complexity index is 680. The zero-order chi connectivity index (χ0) is 16.2. The van der Waals surface area contributed by atoms with E-state index in [4.69, 9.17) is 10.5 Å². The van der Waals surface area contributed by atoms with E-state index in [1.165, 1.54) is 32.8 Å². The van der Waals surface area contributed by atoms with E-state index in [0.717, 1.165) is 22.3 Å². The molecule has 2 aromatic rings. The minimum Gasteiger partial charge on any atom is -0.468 e. The lowest BCUT2D eigenvalue weighted by atomic mass is 10.2. The van der Waals surface area contributed by atoms with E-state index in [0.29, 0.717) is 18.3 Å². The van der Waals surface area contributed by atoms with E-state index in [-0.39, 0.29) is 5.97 Å². The lowest BCUT2D eigenvalue weighted by Crippen LogP contribution is -2.26. The van der Waals surface area contributed by atoms with Gasteiger partial charge in [-0.2, -0.15) is 0 Å². The van der Waals surface area contributed by atoms with Gasteiger partial charge in [0.25, 0.3) is 0 Å². The van der Waals surface area contributed by atoms with Gasteiger partial charge in [-0.3, -0.25) is 4.79 Å². The van der Waals surface area contributed by atoms with Crippen molar-refractivity contribution in [3.05, 3.63) is 30.0 Å². The van der Waals surface area contributed by atoms with Gasteiger partial charge < -0.3 is 15.5 Å². The first-order valence-corrected chi connectivity index (χ1v) is 8.84. The van der Waals surface area contributed by atoms with E-state index in [2.05, 4.69) is 15.4 Å². The van der Waals surface area contributed by atoms with E-state index in [9.17, 15) is 4.79 Å². The van der Waals surface area contributed by atoms with Gasteiger partial charge in [-0.1, -0.05) is 30.9 Å². The summed E-state index contributed by atoms with van der Waals surface area (Å²) >= 11 is 1.79. The molecule has 0 aliphatic heterocycles. The first-order valence-electron chi connectivity index (χ1n) is 8.00. The van der Waals surface area contributed by atoms with Gasteiger partial charge in [0.2, 0.25) is 0 Å². The lowest BCUT2D eigenvalue weighted by Gasteiger charge is -2.22. The Kier molecular flexibility index (Phi) is 5.13. The molecule has 0 bridgehead atoms. The highest BCUT2D eigenvalue weighted by Crippen LogP contribution is 2.33. The second kappa shape index (κ2) is 7.27. The number of nitrogens with two attached hydrogens (primary N) is 1. The maximum atomic E-state index is 11.7. The fourth-order valence-electron chi connectivity index (χ4n) is 3.06. The summed E-state index contributed by atoms with van der Waals surface area (Å²) in [4.78, 5) is 15.1. The molecule has 23 heavy (non-hydrogen) atoms. The average Bonchev–Trinajstić information content (AvgIpc) is 3.17. The molecule has 124 valence electrons. The third-order valence-electron chi connectivity index (χ3n) is 4.23. The monoisotopic (exact) mass is 333 g/mol. The molecule has 0 atom stereocenters. The van der Waals surface area contributed by atoms with Crippen LogP contribution in [0.1, 0.15) is 31.4 Å². The topological polar surface area (TPSA) is 71.3 Å². The second-order valence-electron chi connectivity index (χ2n) is 5.99. The Labute approximate surface area is 140 Å². The third kappa shape index (κ3) is 4.00. The minimum absolute atomic E-state index is 0.203. The van der Waals surface area contributed by atoms with Crippen molar-refractivity contribution in [3.8, 4) is 0 Å². The summed E-state index contributed by atoms with van der Waals surface area (Å²) < 4.78 is 6.94. The summed E-state index contributed by atoms with van der Waals surface area (Å²) in [6.07, 6.45) is 5.02. The molecule has 0 saturated heterocycles. The number of anilines is 1. The predicted octanol–water partition coefficient (Wildman–Crippen LogP) is 3.32. The first kappa shape index (κ1) is 16.2. The van der Waals surface area contributed by atoms with Gasteiger partial charge in [0.05, 0.1) is 7.11 Å². The largest absolute Gasteiger partial charge is 0.468 e. The molecule has 1 fully saturated rings. The molecular weight excluding hydrogens is 310 g/mol.